The van der Waals surface area contributed by atoms with Crippen LogP contribution in [0.5, 0.6) is 0 Å². The van der Waals surface area contributed by atoms with Crippen LogP contribution < -0.4 is 5.73 Å². The Balaban J connectivity index is 1.57. The maximum Gasteiger partial charge on any atom is 0.316 e. The van der Waals surface area contributed by atoms with Gasteiger partial charge < -0.3 is 10.5 Å². The number of ether oxygens (including phenoxy) is 1. The van der Waals surface area contributed by atoms with Gasteiger partial charge in [0.15, 0.2) is 0 Å². The normalized spacial score (nSPS) is 48.8. The third-order valence-corrected chi connectivity index (χ3v) is 9.15. The first-order valence-electron chi connectivity index (χ1n) is 10.4. The topological polar surface area (TPSA) is 52.3 Å². The Morgan fingerprint density at radius 3 is 2.48 bits per heavy atom. The first-order valence-corrected chi connectivity index (χ1v) is 10.8. The molecular formula is C21H33NO2S. The van der Waals surface area contributed by atoms with Gasteiger partial charge in [-0.2, -0.15) is 0 Å². The lowest BCUT2D eigenvalue weighted by Crippen LogP contribution is -2.53. The van der Waals surface area contributed by atoms with Crippen molar-refractivity contribution in [1.29, 1.82) is 0 Å². The third kappa shape index (κ3) is 2.65. The van der Waals surface area contributed by atoms with E-state index in [-0.39, 0.29) is 22.5 Å². The molecule has 1 unspecified atom stereocenters. The predicted molar refractivity (Wildman–Crippen MR) is 103 cm³/mol. The number of fused-ring (bicyclic) bond motifs is 5. The summed E-state index contributed by atoms with van der Waals surface area (Å²) in [4.78, 5) is 12.6. The summed E-state index contributed by atoms with van der Waals surface area (Å²) in [7, 11) is 0. The van der Waals surface area contributed by atoms with Crippen molar-refractivity contribution in [3.63, 3.8) is 0 Å². The molecule has 0 amide bonds. The Bertz CT molecular complexity index is 578. The highest BCUT2D eigenvalue weighted by Gasteiger charge is 2.61. The minimum atomic E-state index is -0.173. The van der Waals surface area contributed by atoms with E-state index in [4.69, 9.17) is 22.7 Å². The maximum atomic E-state index is 12.6. The molecule has 0 aromatic carbocycles. The van der Waals surface area contributed by atoms with Crippen LogP contribution in [0.25, 0.3) is 0 Å². The molecule has 0 aliphatic heterocycles. The van der Waals surface area contributed by atoms with Crippen LogP contribution in [0.3, 0.4) is 0 Å². The van der Waals surface area contributed by atoms with Crippen LogP contribution in [0.15, 0.2) is 0 Å². The maximum absolute atomic E-state index is 12.6. The summed E-state index contributed by atoms with van der Waals surface area (Å²) in [6.07, 6.45) is 13.1. The SMILES string of the molecule is C[C@]12CC[C@H]3[C@@H](CCC4CCCC[C@@]43C)[C@@H]1CC[C@@H]2C(=O)OC(N)=S. The quantitative estimate of drug-likeness (QED) is 0.536. The van der Waals surface area contributed by atoms with Gasteiger partial charge in [-0.05, 0) is 98.1 Å². The highest BCUT2D eigenvalue weighted by atomic mass is 32.1. The number of nitrogens with two attached hydrogens (primary N) is 1. The Labute approximate surface area is 157 Å². The van der Waals surface area contributed by atoms with Gasteiger partial charge >= 0.3 is 5.97 Å². The fourth-order valence-electron chi connectivity index (χ4n) is 7.85. The summed E-state index contributed by atoms with van der Waals surface area (Å²) in [6, 6.07) is 0. The van der Waals surface area contributed by atoms with Crippen molar-refractivity contribution in [2.75, 3.05) is 0 Å². The van der Waals surface area contributed by atoms with Gasteiger partial charge in [0.25, 0.3) is 5.17 Å². The van der Waals surface area contributed by atoms with Crippen LogP contribution in [0.2, 0.25) is 0 Å². The van der Waals surface area contributed by atoms with E-state index >= 15 is 0 Å². The lowest BCUT2D eigenvalue weighted by atomic mass is 9.45. The molecule has 4 aliphatic carbocycles. The van der Waals surface area contributed by atoms with E-state index < -0.39 is 0 Å². The molecule has 0 bridgehead atoms. The van der Waals surface area contributed by atoms with Gasteiger partial charge in [-0.3, -0.25) is 4.79 Å². The lowest BCUT2D eigenvalue weighted by Gasteiger charge is -2.60. The van der Waals surface area contributed by atoms with Crippen LogP contribution >= 0.6 is 12.2 Å². The number of rotatable bonds is 1. The summed E-state index contributed by atoms with van der Waals surface area (Å²) in [5, 5.41) is -0.124. The molecule has 4 heteroatoms. The molecule has 25 heavy (non-hydrogen) atoms. The van der Waals surface area contributed by atoms with E-state index in [0.29, 0.717) is 11.3 Å². The second-order valence-electron chi connectivity index (χ2n) is 9.82. The van der Waals surface area contributed by atoms with Gasteiger partial charge in [0.1, 0.15) is 0 Å². The highest BCUT2D eigenvalue weighted by molar-refractivity contribution is 7.80. The largest absolute Gasteiger partial charge is 0.399 e. The zero-order valence-corrected chi connectivity index (χ0v) is 16.6. The molecule has 4 fully saturated rings. The zero-order valence-electron chi connectivity index (χ0n) is 15.8. The van der Waals surface area contributed by atoms with Gasteiger partial charge in [0, 0.05) is 0 Å². The van der Waals surface area contributed by atoms with E-state index in [0.717, 1.165) is 30.6 Å². The minimum Gasteiger partial charge on any atom is -0.399 e. The molecule has 0 saturated heterocycles. The molecule has 3 nitrogen and oxygen atoms in total. The summed E-state index contributed by atoms with van der Waals surface area (Å²) in [6.45, 7) is 4.95. The Kier molecular flexibility index (Phi) is 4.41. The average Bonchev–Trinajstić information content (AvgIpc) is 2.91. The number of carbonyl (C=O) groups excluding carboxylic acids is 1. The molecule has 0 spiro atoms. The second kappa shape index (κ2) is 6.21. The molecule has 0 radical (unpaired) electrons. The Morgan fingerprint density at radius 2 is 1.72 bits per heavy atom. The molecule has 0 aromatic rings. The average molecular weight is 364 g/mol. The molecule has 0 heterocycles. The van der Waals surface area contributed by atoms with Crippen LogP contribution in [0.4, 0.5) is 0 Å². The van der Waals surface area contributed by atoms with Crippen molar-refractivity contribution in [1.82, 2.24) is 0 Å². The van der Waals surface area contributed by atoms with Crippen molar-refractivity contribution in [3.05, 3.63) is 0 Å². The summed E-state index contributed by atoms with van der Waals surface area (Å²) in [5.41, 5.74) is 6.10. The van der Waals surface area contributed by atoms with Gasteiger partial charge in [-0.25, -0.2) is 0 Å². The van der Waals surface area contributed by atoms with E-state index in [1.54, 1.807) is 0 Å². The summed E-state index contributed by atoms with van der Waals surface area (Å²) in [5.74, 6) is 3.11. The van der Waals surface area contributed by atoms with Gasteiger partial charge in [-0.15, -0.1) is 0 Å². The number of hydrogen-bond donors (Lipinski definition) is 1. The fraction of sp³-hybridized carbons (Fsp3) is 0.905. The van der Waals surface area contributed by atoms with Crippen molar-refractivity contribution >= 4 is 23.4 Å². The first-order chi connectivity index (χ1) is 11.9. The molecule has 4 saturated carbocycles. The van der Waals surface area contributed by atoms with Crippen LogP contribution in [0.1, 0.15) is 78.1 Å². The number of esters is 1. The van der Waals surface area contributed by atoms with Crippen molar-refractivity contribution in [2.45, 2.75) is 78.1 Å². The molecule has 4 aliphatic rings. The standard InChI is InChI=1S/C21H33NO2S/c1-20-11-4-3-5-13(20)6-7-14-15-8-9-17(18(23)24-19(22)25)21(15,2)12-10-16(14)20/h13-17H,3-12H2,1-2H3,(H2,22,25)/t13?,14-,15-,16-,17+,20-,21-/m0/s1. The van der Waals surface area contributed by atoms with Gasteiger partial charge in [0.05, 0.1) is 5.92 Å². The highest BCUT2D eigenvalue weighted by Crippen LogP contribution is 2.67. The third-order valence-electron chi connectivity index (χ3n) is 9.07. The lowest BCUT2D eigenvalue weighted by molar-refractivity contribution is -0.150. The van der Waals surface area contributed by atoms with E-state index in [1.165, 1.54) is 51.4 Å². The van der Waals surface area contributed by atoms with E-state index in [1.807, 2.05) is 0 Å². The monoisotopic (exact) mass is 363 g/mol. The minimum absolute atomic E-state index is 0.0168. The molecule has 140 valence electrons. The van der Waals surface area contributed by atoms with Gasteiger partial charge in [0.2, 0.25) is 0 Å². The van der Waals surface area contributed by atoms with Crippen molar-refractivity contribution in [3.8, 4) is 0 Å². The smallest absolute Gasteiger partial charge is 0.316 e. The molecule has 0 aromatic heterocycles. The zero-order chi connectivity index (χ0) is 17.8. The van der Waals surface area contributed by atoms with Crippen LogP contribution in [-0.2, 0) is 9.53 Å². The first kappa shape index (κ1) is 17.8. The predicted octanol–water partition coefficient (Wildman–Crippen LogP) is 4.82. The summed E-state index contributed by atoms with van der Waals surface area (Å²) < 4.78 is 5.16. The molecule has 7 atom stereocenters. The fourth-order valence-corrected chi connectivity index (χ4v) is 7.93. The summed E-state index contributed by atoms with van der Waals surface area (Å²) >= 11 is 4.80. The van der Waals surface area contributed by atoms with E-state index in [2.05, 4.69) is 13.8 Å². The molecule has 2 N–H and O–H groups in total. The van der Waals surface area contributed by atoms with E-state index in [9.17, 15) is 4.79 Å². The molecular weight excluding hydrogens is 330 g/mol. The van der Waals surface area contributed by atoms with Gasteiger partial charge in [-0.1, -0.05) is 26.7 Å². The Morgan fingerprint density at radius 1 is 0.960 bits per heavy atom. The van der Waals surface area contributed by atoms with Crippen LogP contribution in [0, 0.1) is 40.4 Å². The molecule has 4 rings (SSSR count). The van der Waals surface area contributed by atoms with Crippen molar-refractivity contribution in [2.24, 2.45) is 46.2 Å². The van der Waals surface area contributed by atoms with Crippen molar-refractivity contribution < 1.29 is 9.53 Å². The second-order valence-corrected chi connectivity index (χ2v) is 10.2. The Hall–Kier alpha value is -0.640. The number of hydrogen-bond acceptors (Lipinski definition) is 3. The number of thiocarbonyl (C=S) groups is 1. The van der Waals surface area contributed by atoms with Crippen LogP contribution in [-0.4, -0.2) is 11.1 Å². The number of carbonyl (C=O) groups is 1.